The smallest absolute Gasteiger partial charge is 0.204 e. The number of hydrogen-bond acceptors (Lipinski definition) is 6. The normalized spacial score (nSPS) is 13.1. The lowest BCUT2D eigenvalue weighted by molar-refractivity contribution is 0.103. The summed E-state index contributed by atoms with van der Waals surface area (Å²) in [5.41, 5.74) is 2.92. The van der Waals surface area contributed by atoms with E-state index in [4.69, 9.17) is 18.9 Å². The van der Waals surface area contributed by atoms with Crippen LogP contribution in [0, 0.1) is 0 Å². The summed E-state index contributed by atoms with van der Waals surface area (Å²) < 4.78 is 22.3. The Balaban J connectivity index is 2.01. The second kappa shape index (κ2) is 8.90. The highest BCUT2D eigenvalue weighted by Crippen LogP contribution is 2.42. The molecule has 6 nitrogen and oxygen atoms in total. The summed E-state index contributed by atoms with van der Waals surface area (Å²) >= 11 is 0. The summed E-state index contributed by atoms with van der Waals surface area (Å²) in [6, 6.07) is 9.19. The van der Waals surface area contributed by atoms with Crippen molar-refractivity contribution < 1.29 is 23.7 Å². The van der Waals surface area contributed by atoms with Crippen molar-refractivity contribution in [3.8, 4) is 23.0 Å². The topological polar surface area (TPSA) is 57.2 Å². The summed E-state index contributed by atoms with van der Waals surface area (Å²) in [6.45, 7) is 2.94. The molecule has 1 heterocycles. The van der Waals surface area contributed by atoms with Crippen LogP contribution in [0.25, 0.3) is 6.08 Å². The van der Waals surface area contributed by atoms with Crippen molar-refractivity contribution >= 4 is 17.5 Å². The van der Waals surface area contributed by atoms with Gasteiger partial charge in [0.15, 0.2) is 17.3 Å². The van der Waals surface area contributed by atoms with Crippen molar-refractivity contribution in [3.63, 3.8) is 0 Å². The van der Waals surface area contributed by atoms with Gasteiger partial charge in [0, 0.05) is 30.8 Å². The zero-order valence-electron chi connectivity index (χ0n) is 17.6. The van der Waals surface area contributed by atoms with Crippen LogP contribution in [0.1, 0.15) is 29.3 Å². The van der Waals surface area contributed by atoms with Crippen LogP contribution in [0.3, 0.4) is 0 Å². The zero-order chi connectivity index (χ0) is 21.0. The third-order valence-electron chi connectivity index (χ3n) is 4.82. The summed E-state index contributed by atoms with van der Waals surface area (Å²) in [5.74, 6) is 2.50. The summed E-state index contributed by atoms with van der Waals surface area (Å²) in [5, 5.41) is 0. The number of hydrogen-bond donors (Lipinski definition) is 0. The molecule has 1 aliphatic rings. The van der Waals surface area contributed by atoms with Crippen molar-refractivity contribution in [1.82, 2.24) is 0 Å². The van der Waals surface area contributed by atoms with Gasteiger partial charge in [-0.05, 0) is 42.8 Å². The van der Waals surface area contributed by atoms with Crippen LogP contribution in [0.5, 0.6) is 23.0 Å². The molecule has 29 heavy (non-hydrogen) atoms. The average Bonchev–Trinajstić information content (AvgIpc) is 2.76. The number of ketones is 1. The Hall–Kier alpha value is -3.15. The van der Waals surface area contributed by atoms with Crippen molar-refractivity contribution in [2.75, 3.05) is 46.4 Å². The lowest BCUT2D eigenvalue weighted by atomic mass is 9.97. The second-order valence-electron chi connectivity index (χ2n) is 6.85. The van der Waals surface area contributed by atoms with Crippen LogP contribution in [-0.4, -0.2) is 47.3 Å². The van der Waals surface area contributed by atoms with Gasteiger partial charge in [-0.15, -0.1) is 0 Å². The van der Waals surface area contributed by atoms with Gasteiger partial charge >= 0.3 is 0 Å². The molecule has 0 aliphatic carbocycles. The van der Waals surface area contributed by atoms with Gasteiger partial charge < -0.3 is 23.8 Å². The first-order valence-electron chi connectivity index (χ1n) is 9.57. The highest BCUT2D eigenvalue weighted by Gasteiger charge is 2.21. The Bertz CT molecular complexity index is 933. The molecular formula is C23H27NO5. The number of ether oxygens (including phenoxy) is 4. The Labute approximate surface area is 171 Å². The van der Waals surface area contributed by atoms with Crippen LogP contribution in [-0.2, 0) is 0 Å². The number of benzene rings is 2. The quantitative estimate of drug-likeness (QED) is 0.515. The van der Waals surface area contributed by atoms with Crippen molar-refractivity contribution in [2.24, 2.45) is 0 Å². The van der Waals surface area contributed by atoms with Crippen molar-refractivity contribution in [3.05, 3.63) is 47.0 Å². The molecule has 0 saturated heterocycles. The van der Waals surface area contributed by atoms with Gasteiger partial charge in [-0.25, -0.2) is 0 Å². The maximum Gasteiger partial charge on any atom is 0.204 e. The van der Waals surface area contributed by atoms with Crippen LogP contribution in [0.15, 0.2) is 35.9 Å². The molecule has 0 amide bonds. The van der Waals surface area contributed by atoms with E-state index in [0.717, 1.165) is 17.0 Å². The van der Waals surface area contributed by atoms with E-state index >= 15 is 0 Å². The fourth-order valence-corrected chi connectivity index (χ4v) is 3.31. The van der Waals surface area contributed by atoms with Crippen LogP contribution < -0.4 is 23.8 Å². The summed E-state index contributed by atoms with van der Waals surface area (Å²) in [4.78, 5) is 15.1. The molecule has 0 N–H and O–H groups in total. The number of fused-ring (bicyclic) bond motifs is 1. The van der Waals surface area contributed by atoms with Gasteiger partial charge in [-0.2, -0.15) is 0 Å². The standard InChI is InChI=1S/C23H27NO5/c1-6-15(21(25)16-7-9-19(26-4)18(14-16)24(2)3)13-17-8-10-20-23(22(17)27-5)29-12-11-28-20/h7-10,13-14H,6,11-12H2,1-5H3/b15-13+. The highest BCUT2D eigenvalue weighted by atomic mass is 16.6. The number of nitrogens with zero attached hydrogens (tertiary/aromatic N) is 1. The largest absolute Gasteiger partial charge is 0.495 e. The van der Waals surface area contributed by atoms with E-state index in [1.807, 2.05) is 56.3 Å². The molecule has 2 aromatic rings. The minimum atomic E-state index is -0.0322. The Kier molecular flexibility index (Phi) is 6.32. The maximum atomic E-state index is 13.2. The van der Waals surface area contributed by atoms with E-state index in [9.17, 15) is 4.79 Å². The molecule has 154 valence electrons. The number of Topliss-reactive ketones (excluding diaryl/α,β-unsaturated/α-hetero) is 1. The third-order valence-corrected chi connectivity index (χ3v) is 4.82. The minimum Gasteiger partial charge on any atom is -0.495 e. The van der Waals surface area contributed by atoms with E-state index in [-0.39, 0.29) is 5.78 Å². The van der Waals surface area contributed by atoms with E-state index < -0.39 is 0 Å². The predicted octanol–water partition coefficient (Wildman–Crippen LogP) is 4.22. The molecule has 2 aromatic carbocycles. The number of methoxy groups -OCH3 is 2. The Morgan fingerprint density at radius 3 is 2.52 bits per heavy atom. The van der Waals surface area contributed by atoms with Crippen LogP contribution in [0.4, 0.5) is 5.69 Å². The Morgan fingerprint density at radius 2 is 1.86 bits per heavy atom. The van der Waals surface area contributed by atoms with Gasteiger partial charge in [0.1, 0.15) is 19.0 Å². The lowest BCUT2D eigenvalue weighted by Crippen LogP contribution is -2.16. The predicted molar refractivity (Wildman–Crippen MR) is 114 cm³/mol. The van der Waals surface area contributed by atoms with Gasteiger partial charge in [-0.1, -0.05) is 6.92 Å². The first-order valence-corrected chi connectivity index (χ1v) is 9.57. The van der Waals surface area contributed by atoms with Crippen LogP contribution in [0.2, 0.25) is 0 Å². The van der Waals surface area contributed by atoms with Crippen molar-refractivity contribution in [2.45, 2.75) is 13.3 Å². The Morgan fingerprint density at radius 1 is 1.10 bits per heavy atom. The second-order valence-corrected chi connectivity index (χ2v) is 6.85. The van der Waals surface area contributed by atoms with Crippen molar-refractivity contribution in [1.29, 1.82) is 0 Å². The third kappa shape index (κ3) is 4.16. The molecule has 0 bridgehead atoms. The molecule has 0 fully saturated rings. The minimum absolute atomic E-state index is 0.0322. The lowest BCUT2D eigenvalue weighted by Gasteiger charge is -2.21. The zero-order valence-corrected chi connectivity index (χ0v) is 17.6. The monoisotopic (exact) mass is 397 g/mol. The summed E-state index contributed by atoms with van der Waals surface area (Å²) in [7, 11) is 7.05. The van der Waals surface area contributed by atoms with Gasteiger partial charge in [0.2, 0.25) is 5.75 Å². The first kappa shape index (κ1) is 20.6. The number of allylic oxidation sites excluding steroid dienone is 1. The van der Waals surface area contributed by atoms with E-state index in [1.165, 1.54) is 0 Å². The molecule has 0 atom stereocenters. The molecule has 0 aromatic heterocycles. The molecule has 0 unspecified atom stereocenters. The fourth-order valence-electron chi connectivity index (χ4n) is 3.31. The van der Waals surface area contributed by atoms with E-state index in [2.05, 4.69) is 0 Å². The summed E-state index contributed by atoms with van der Waals surface area (Å²) in [6.07, 6.45) is 2.44. The number of carbonyl (C=O) groups excluding carboxylic acids is 1. The average molecular weight is 397 g/mol. The molecule has 0 saturated carbocycles. The maximum absolute atomic E-state index is 13.2. The first-order chi connectivity index (χ1) is 14.0. The van der Waals surface area contributed by atoms with E-state index in [1.54, 1.807) is 20.3 Å². The molecule has 1 aliphatic heterocycles. The fraction of sp³-hybridized carbons (Fsp3) is 0.348. The van der Waals surface area contributed by atoms with Gasteiger partial charge in [-0.3, -0.25) is 4.79 Å². The molecule has 3 rings (SSSR count). The number of anilines is 1. The SMILES string of the molecule is CC/C(=C\c1ccc2c(c1OC)OCCO2)C(=O)c1ccc(OC)c(N(C)C)c1. The molecule has 0 radical (unpaired) electrons. The molecule has 6 heteroatoms. The molecular weight excluding hydrogens is 370 g/mol. The van der Waals surface area contributed by atoms with E-state index in [0.29, 0.717) is 48.0 Å². The van der Waals surface area contributed by atoms with Crippen LogP contribution >= 0.6 is 0 Å². The highest BCUT2D eigenvalue weighted by molar-refractivity contribution is 6.12. The number of rotatable bonds is 7. The molecule has 0 spiro atoms. The van der Waals surface area contributed by atoms with Gasteiger partial charge in [0.05, 0.1) is 19.9 Å². The van der Waals surface area contributed by atoms with Gasteiger partial charge in [0.25, 0.3) is 0 Å². The number of carbonyl (C=O) groups is 1.